The highest BCUT2D eigenvalue weighted by molar-refractivity contribution is 5.70. The van der Waals surface area contributed by atoms with Gasteiger partial charge in [-0.3, -0.25) is 4.90 Å². The van der Waals surface area contributed by atoms with Crippen molar-refractivity contribution in [1.29, 1.82) is 0 Å². The van der Waals surface area contributed by atoms with Gasteiger partial charge in [-0.05, 0) is 33.6 Å². The van der Waals surface area contributed by atoms with Crippen LogP contribution in [0.4, 0.5) is 4.79 Å². The molecule has 0 saturated carbocycles. The van der Waals surface area contributed by atoms with Crippen LogP contribution in [0.15, 0.2) is 12.3 Å². The minimum absolute atomic E-state index is 0.119. The summed E-state index contributed by atoms with van der Waals surface area (Å²) >= 11 is 0. The van der Waals surface area contributed by atoms with Crippen molar-refractivity contribution in [2.24, 2.45) is 0 Å². The van der Waals surface area contributed by atoms with Gasteiger partial charge in [0.25, 0.3) is 0 Å². The van der Waals surface area contributed by atoms with Crippen molar-refractivity contribution in [2.45, 2.75) is 51.3 Å². The number of piperazine rings is 1. The Morgan fingerprint density at radius 3 is 2.81 bits per heavy atom. The summed E-state index contributed by atoms with van der Waals surface area (Å²) in [6, 6.07) is 0.388. The summed E-state index contributed by atoms with van der Waals surface area (Å²) in [6.45, 7) is 10.4. The monoisotopic (exact) mass is 224 g/mol. The molecule has 2 aliphatic rings. The molecule has 4 heteroatoms. The fourth-order valence-electron chi connectivity index (χ4n) is 2.38. The minimum atomic E-state index is -0.428. The molecule has 0 aromatic rings. The summed E-state index contributed by atoms with van der Waals surface area (Å²) in [5.74, 6) is 0. The average molecular weight is 224 g/mol. The van der Waals surface area contributed by atoms with Crippen LogP contribution in [0.3, 0.4) is 0 Å². The van der Waals surface area contributed by atoms with Gasteiger partial charge in [-0.25, -0.2) is 4.79 Å². The summed E-state index contributed by atoms with van der Waals surface area (Å²) < 4.78 is 5.42. The molecule has 1 amide bonds. The van der Waals surface area contributed by atoms with Gasteiger partial charge in [0.2, 0.25) is 0 Å². The Bertz CT molecular complexity index is 319. The van der Waals surface area contributed by atoms with Crippen LogP contribution in [0.25, 0.3) is 0 Å². The zero-order valence-electron chi connectivity index (χ0n) is 10.2. The first-order valence-electron chi connectivity index (χ1n) is 5.82. The van der Waals surface area contributed by atoms with Crippen LogP contribution in [-0.4, -0.2) is 35.2 Å². The number of hydrogen-bond donors (Lipinski definition) is 1. The van der Waals surface area contributed by atoms with Gasteiger partial charge in [-0.2, -0.15) is 0 Å². The lowest BCUT2D eigenvalue weighted by Gasteiger charge is -2.37. The molecule has 2 saturated heterocycles. The van der Waals surface area contributed by atoms with Crippen LogP contribution in [0.5, 0.6) is 0 Å². The Balaban J connectivity index is 2.09. The maximum Gasteiger partial charge on any atom is 0.411 e. The van der Waals surface area contributed by atoms with Gasteiger partial charge in [0.15, 0.2) is 0 Å². The molecule has 16 heavy (non-hydrogen) atoms. The first-order chi connectivity index (χ1) is 7.38. The van der Waals surface area contributed by atoms with Crippen LogP contribution < -0.4 is 5.32 Å². The smallest absolute Gasteiger partial charge is 0.411 e. The zero-order chi connectivity index (χ0) is 11.9. The fraction of sp³-hybridized carbons (Fsp3) is 0.750. The van der Waals surface area contributed by atoms with Crippen LogP contribution >= 0.6 is 0 Å². The number of carbonyl (C=O) groups excluding carboxylic acids is 1. The normalized spacial score (nSPS) is 28.9. The molecule has 4 nitrogen and oxygen atoms in total. The van der Waals surface area contributed by atoms with Crippen molar-refractivity contribution in [3.63, 3.8) is 0 Å². The van der Waals surface area contributed by atoms with E-state index in [-0.39, 0.29) is 18.2 Å². The SMILES string of the molecule is C=C1NC[C@@H]2CC[C@H]1N2C(=O)OC(C)(C)C. The summed E-state index contributed by atoms with van der Waals surface area (Å²) in [6.07, 6.45) is 1.83. The number of nitrogens with zero attached hydrogens (tertiary/aromatic N) is 1. The predicted octanol–water partition coefficient (Wildman–Crippen LogP) is 1.87. The van der Waals surface area contributed by atoms with Crippen LogP contribution in [-0.2, 0) is 4.74 Å². The summed E-state index contributed by atoms with van der Waals surface area (Å²) in [4.78, 5) is 13.9. The van der Waals surface area contributed by atoms with E-state index in [1.165, 1.54) is 0 Å². The van der Waals surface area contributed by atoms with E-state index in [0.29, 0.717) is 0 Å². The lowest BCUT2D eigenvalue weighted by molar-refractivity contribution is 0.0139. The molecule has 0 radical (unpaired) electrons. The number of ether oxygens (including phenoxy) is 1. The molecule has 90 valence electrons. The Morgan fingerprint density at radius 2 is 2.19 bits per heavy atom. The number of nitrogens with one attached hydrogen (secondary N) is 1. The third-order valence-electron chi connectivity index (χ3n) is 3.07. The number of rotatable bonds is 0. The highest BCUT2D eigenvalue weighted by Gasteiger charge is 2.43. The lowest BCUT2D eigenvalue weighted by atomic mass is 10.1. The molecular weight excluding hydrogens is 204 g/mol. The summed E-state index contributed by atoms with van der Waals surface area (Å²) in [7, 11) is 0. The van der Waals surface area contributed by atoms with Crippen LogP contribution in [0.1, 0.15) is 33.6 Å². The largest absolute Gasteiger partial charge is 0.444 e. The van der Waals surface area contributed by atoms with Gasteiger partial charge in [0.1, 0.15) is 5.60 Å². The summed E-state index contributed by atoms with van der Waals surface area (Å²) in [5, 5.41) is 3.25. The predicted molar refractivity (Wildman–Crippen MR) is 62.0 cm³/mol. The maximum atomic E-state index is 12.1. The van der Waals surface area contributed by atoms with E-state index in [4.69, 9.17) is 4.74 Å². The molecule has 0 unspecified atom stereocenters. The molecule has 0 aromatic carbocycles. The topological polar surface area (TPSA) is 41.6 Å². The lowest BCUT2D eigenvalue weighted by Crippen LogP contribution is -2.53. The van der Waals surface area contributed by atoms with E-state index in [1.807, 2.05) is 25.7 Å². The van der Waals surface area contributed by atoms with Gasteiger partial charge < -0.3 is 10.1 Å². The Hall–Kier alpha value is -1.19. The molecule has 2 aliphatic heterocycles. The molecule has 1 N–H and O–H groups in total. The maximum absolute atomic E-state index is 12.1. The van der Waals surface area contributed by atoms with Gasteiger partial charge in [0, 0.05) is 12.2 Å². The van der Waals surface area contributed by atoms with E-state index in [1.54, 1.807) is 0 Å². The molecule has 0 aliphatic carbocycles. The van der Waals surface area contributed by atoms with Crippen LogP contribution in [0, 0.1) is 0 Å². The number of fused-ring (bicyclic) bond motifs is 2. The second kappa shape index (κ2) is 3.68. The zero-order valence-corrected chi connectivity index (χ0v) is 10.2. The average Bonchev–Trinajstić information content (AvgIpc) is 2.46. The van der Waals surface area contributed by atoms with E-state index >= 15 is 0 Å². The Kier molecular flexibility index (Phi) is 2.60. The first-order valence-corrected chi connectivity index (χ1v) is 5.82. The van der Waals surface area contributed by atoms with Crippen molar-refractivity contribution in [2.75, 3.05) is 6.54 Å². The molecule has 2 bridgehead atoms. The first kappa shape index (κ1) is 11.3. The molecule has 2 heterocycles. The van der Waals surface area contributed by atoms with Gasteiger partial charge in [-0.1, -0.05) is 6.58 Å². The van der Waals surface area contributed by atoms with Crippen molar-refractivity contribution < 1.29 is 9.53 Å². The molecule has 2 rings (SSSR count). The number of amides is 1. The second-order valence-corrected chi connectivity index (χ2v) is 5.54. The van der Waals surface area contributed by atoms with Crippen molar-refractivity contribution >= 4 is 6.09 Å². The fourth-order valence-corrected chi connectivity index (χ4v) is 2.38. The molecule has 0 spiro atoms. The standard InChI is InChI=1S/C12H20N2O2/c1-8-10-6-5-9(7-13-8)14(10)11(15)16-12(2,3)4/h9-10,13H,1,5-7H2,2-4H3/t9-,10+/m0/s1. The number of carbonyl (C=O) groups is 1. The van der Waals surface area contributed by atoms with Gasteiger partial charge in [0.05, 0.1) is 12.1 Å². The molecule has 2 atom stereocenters. The minimum Gasteiger partial charge on any atom is -0.444 e. The highest BCUT2D eigenvalue weighted by Crippen LogP contribution is 2.32. The molecule has 0 aromatic heterocycles. The van der Waals surface area contributed by atoms with E-state index in [0.717, 1.165) is 25.1 Å². The van der Waals surface area contributed by atoms with Crippen molar-refractivity contribution in [1.82, 2.24) is 10.2 Å². The Morgan fingerprint density at radius 1 is 1.50 bits per heavy atom. The third kappa shape index (κ3) is 2.01. The molecular formula is C12H20N2O2. The quantitative estimate of drug-likeness (QED) is 0.683. The highest BCUT2D eigenvalue weighted by atomic mass is 16.6. The van der Waals surface area contributed by atoms with E-state index < -0.39 is 5.60 Å². The Labute approximate surface area is 96.6 Å². The summed E-state index contributed by atoms with van der Waals surface area (Å²) in [5.41, 5.74) is 0.516. The van der Waals surface area contributed by atoms with Gasteiger partial charge >= 0.3 is 6.09 Å². The molecule has 2 fully saturated rings. The third-order valence-corrected chi connectivity index (χ3v) is 3.07. The van der Waals surface area contributed by atoms with Crippen molar-refractivity contribution in [3.05, 3.63) is 12.3 Å². The number of hydrogen-bond acceptors (Lipinski definition) is 3. The van der Waals surface area contributed by atoms with Crippen LogP contribution in [0.2, 0.25) is 0 Å². The van der Waals surface area contributed by atoms with E-state index in [9.17, 15) is 4.79 Å². The van der Waals surface area contributed by atoms with E-state index in [2.05, 4.69) is 11.9 Å². The second-order valence-electron chi connectivity index (χ2n) is 5.54. The van der Waals surface area contributed by atoms with Gasteiger partial charge in [-0.15, -0.1) is 0 Å². The van der Waals surface area contributed by atoms with Crippen molar-refractivity contribution in [3.8, 4) is 0 Å².